The van der Waals surface area contributed by atoms with Gasteiger partial charge in [-0.05, 0) is 48.2 Å². The van der Waals surface area contributed by atoms with Gasteiger partial charge in [0.15, 0.2) is 0 Å². The van der Waals surface area contributed by atoms with Gasteiger partial charge in [0, 0.05) is 18.4 Å². The smallest absolute Gasteiger partial charge is 0.241 e. The second-order valence-corrected chi connectivity index (χ2v) is 9.19. The number of ether oxygens (including phenoxy) is 1. The Kier molecular flexibility index (Phi) is 6.07. The highest BCUT2D eigenvalue weighted by Gasteiger charge is 2.36. The molecule has 2 aromatic rings. The summed E-state index contributed by atoms with van der Waals surface area (Å²) in [4.78, 5) is 4.81. The van der Waals surface area contributed by atoms with E-state index in [4.69, 9.17) is 4.74 Å². The van der Waals surface area contributed by atoms with Crippen LogP contribution in [0.4, 0.5) is 0 Å². The van der Waals surface area contributed by atoms with Crippen LogP contribution in [0, 0.1) is 11.8 Å². The summed E-state index contributed by atoms with van der Waals surface area (Å²) in [5, 5.41) is 3.54. The van der Waals surface area contributed by atoms with E-state index >= 15 is 0 Å². The Hall–Kier alpha value is -2.82. The Morgan fingerprint density at radius 3 is 2.83 bits per heavy atom. The minimum absolute atomic E-state index is 0.0654. The van der Waals surface area contributed by atoms with E-state index < -0.39 is 10.0 Å². The van der Waals surface area contributed by atoms with Crippen LogP contribution in [0.25, 0.3) is 0 Å². The van der Waals surface area contributed by atoms with Gasteiger partial charge in [-0.2, -0.15) is 4.72 Å². The molecule has 30 heavy (non-hydrogen) atoms. The quantitative estimate of drug-likeness (QED) is 0.724. The molecule has 1 heterocycles. The van der Waals surface area contributed by atoms with E-state index in [1.807, 2.05) is 6.07 Å². The molecule has 6 nitrogen and oxygen atoms in total. The second-order valence-electron chi connectivity index (χ2n) is 7.42. The zero-order valence-corrected chi connectivity index (χ0v) is 17.7. The first-order valence-electron chi connectivity index (χ1n) is 10.0. The molecule has 2 aliphatic rings. The van der Waals surface area contributed by atoms with Crippen LogP contribution in [-0.2, 0) is 16.4 Å². The number of hydrogen-bond donors (Lipinski definition) is 2. The Bertz CT molecular complexity index is 1100. The third-order valence-corrected chi connectivity index (χ3v) is 7.02. The molecule has 1 aliphatic carbocycles. The van der Waals surface area contributed by atoms with Gasteiger partial charge in [0.1, 0.15) is 12.3 Å². The highest BCUT2D eigenvalue weighted by atomic mass is 32.2. The van der Waals surface area contributed by atoms with Gasteiger partial charge in [0.05, 0.1) is 24.4 Å². The van der Waals surface area contributed by atoms with Crippen molar-refractivity contribution in [3.63, 3.8) is 0 Å². The molecule has 2 N–H and O–H groups in total. The summed E-state index contributed by atoms with van der Waals surface area (Å²) in [7, 11) is -1.82. The number of amidine groups is 1. The molecular weight excluding hydrogens is 398 g/mol. The molecule has 1 fully saturated rings. The molecule has 2 atom stereocenters. The summed E-state index contributed by atoms with van der Waals surface area (Å²) in [5.41, 5.74) is 2.75. The van der Waals surface area contributed by atoms with Crippen molar-refractivity contribution in [1.29, 1.82) is 0 Å². The van der Waals surface area contributed by atoms with E-state index in [1.165, 1.54) is 11.1 Å². The molecule has 0 bridgehead atoms. The first kappa shape index (κ1) is 20.5. The SMILES string of the molecule is COc1ccc2c(c1)CC[C@H]1NC(=NCC#CCNS(=O)(=O)c3ccccc3)C[C@@H]21. The zero-order chi connectivity index (χ0) is 21.0. The molecular formula is C23H25N3O3S. The number of fused-ring (bicyclic) bond motifs is 3. The summed E-state index contributed by atoms with van der Waals surface area (Å²) in [6.45, 7) is 0.417. The fourth-order valence-electron chi connectivity index (χ4n) is 4.10. The number of aryl methyl sites for hydroxylation is 1. The number of nitrogens with one attached hydrogen (secondary N) is 2. The minimum atomic E-state index is -3.52. The van der Waals surface area contributed by atoms with E-state index in [1.54, 1.807) is 37.4 Å². The fourth-order valence-corrected chi connectivity index (χ4v) is 5.04. The van der Waals surface area contributed by atoms with Crippen molar-refractivity contribution < 1.29 is 13.2 Å². The van der Waals surface area contributed by atoms with Crippen molar-refractivity contribution in [1.82, 2.24) is 10.0 Å². The van der Waals surface area contributed by atoms with Crippen LogP contribution in [-0.4, -0.2) is 40.5 Å². The van der Waals surface area contributed by atoms with Gasteiger partial charge in [-0.15, -0.1) is 0 Å². The van der Waals surface area contributed by atoms with Gasteiger partial charge in [-0.3, -0.25) is 4.99 Å². The molecule has 0 aromatic heterocycles. The molecule has 0 amide bonds. The predicted molar refractivity (Wildman–Crippen MR) is 117 cm³/mol. The third kappa shape index (κ3) is 4.50. The number of methoxy groups -OCH3 is 1. The molecule has 0 spiro atoms. The van der Waals surface area contributed by atoms with Crippen LogP contribution in [0.3, 0.4) is 0 Å². The summed E-state index contributed by atoms with van der Waals surface area (Å²) in [6, 6.07) is 15.0. The molecule has 0 unspecified atom stereocenters. The molecule has 1 aliphatic heterocycles. The van der Waals surface area contributed by atoms with E-state index in [-0.39, 0.29) is 11.4 Å². The highest BCUT2D eigenvalue weighted by Crippen LogP contribution is 2.39. The molecule has 4 rings (SSSR count). The number of aliphatic imine (C=N–C) groups is 1. The average molecular weight is 424 g/mol. The lowest BCUT2D eigenvalue weighted by Gasteiger charge is -2.27. The van der Waals surface area contributed by atoms with Crippen molar-refractivity contribution in [3.8, 4) is 17.6 Å². The lowest BCUT2D eigenvalue weighted by Crippen LogP contribution is -2.31. The standard InChI is InChI=1S/C23H25N3O3S/c1-29-18-10-11-20-17(15-18)9-12-22-21(20)16-23(26-22)24-13-5-6-14-25-30(27,28)19-7-3-2-4-8-19/h2-4,7-8,10-11,15,21-22,25H,9,12-14,16H2,1H3,(H,24,26)/t21-,22+/m0/s1. The maximum Gasteiger partial charge on any atom is 0.241 e. The minimum Gasteiger partial charge on any atom is -0.497 e. The summed E-state index contributed by atoms with van der Waals surface area (Å²) in [6.07, 6.45) is 3.00. The molecule has 1 saturated heterocycles. The van der Waals surface area contributed by atoms with Crippen LogP contribution in [0.5, 0.6) is 5.75 Å². The molecule has 0 radical (unpaired) electrons. The van der Waals surface area contributed by atoms with Gasteiger partial charge >= 0.3 is 0 Å². The van der Waals surface area contributed by atoms with Gasteiger partial charge in [-0.25, -0.2) is 8.42 Å². The summed E-state index contributed by atoms with van der Waals surface area (Å²) >= 11 is 0. The van der Waals surface area contributed by atoms with Crippen LogP contribution in [0.1, 0.15) is 29.9 Å². The molecule has 0 saturated carbocycles. The van der Waals surface area contributed by atoms with Crippen molar-refractivity contribution in [2.75, 3.05) is 20.2 Å². The van der Waals surface area contributed by atoms with Crippen molar-refractivity contribution >= 4 is 15.9 Å². The van der Waals surface area contributed by atoms with Crippen LogP contribution < -0.4 is 14.8 Å². The predicted octanol–water partition coefficient (Wildman–Crippen LogP) is 2.47. The average Bonchev–Trinajstić information content (AvgIpc) is 3.19. The van der Waals surface area contributed by atoms with Gasteiger partial charge in [-0.1, -0.05) is 36.1 Å². The maximum atomic E-state index is 12.1. The molecule has 2 aromatic carbocycles. The fraction of sp³-hybridized carbons (Fsp3) is 0.348. The topological polar surface area (TPSA) is 79.8 Å². The number of nitrogens with zero attached hydrogens (tertiary/aromatic N) is 1. The van der Waals surface area contributed by atoms with E-state index in [0.29, 0.717) is 18.5 Å². The van der Waals surface area contributed by atoms with Gasteiger partial charge < -0.3 is 10.1 Å². The second kappa shape index (κ2) is 8.90. The Morgan fingerprint density at radius 1 is 1.20 bits per heavy atom. The van der Waals surface area contributed by atoms with Gasteiger partial charge in [0.25, 0.3) is 0 Å². The Balaban J connectivity index is 1.31. The molecule has 7 heteroatoms. The lowest BCUT2D eigenvalue weighted by atomic mass is 9.80. The number of hydrogen-bond acceptors (Lipinski definition) is 4. The monoisotopic (exact) mass is 423 g/mol. The van der Waals surface area contributed by atoms with Crippen LogP contribution >= 0.6 is 0 Å². The summed E-state index contributed by atoms with van der Waals surface area (Å²) in [5.74, 6) is 8.09. The lowest BCUT2D eigenvalue weighted by molar-refractivity contribution is 0.411. The van der Waals surface area contributed by atoms with Crippen molar-refractivity contribution in [3.05, 3.63) is 59.7 Å². The maximum absolute atomic E-state index is 12.1. The first-order valence-corrected chi connectivity index (χ1v) is 11.5. The normalized spacial score (nSPS) is 21.2. The Labute approximate surface area is 177 Å². The van der Waals surface area contributed by atoms with E-state index in [0.717, 1.165) is 30.8 Å². The summed E-state index contributed by atoms with van der Waals surface area (Å²) < 4.78 is 32.1. The number of benzene rings is 2. The third-order valence-electron chi connectivity index (χ3n) is 5.60. The zero-order valence-electron chi connectivity index (χ0n) is 16.9. The Morgan fingerprint density at radius 2 is 2.03 bits per heavy atom. The number of rotatable bonds is 5. The highest BCUT2D eigenvalue weighted by molar-refractivity contribution is 7.89. The number of sulfonamides is 1. The largest absolute Gasteiger partial charge is 0.497 e. The van der Waals surface area contributed by atoms with E-state index in [2.05, 4.69) is 39.0 Å². The first-order chi connectivity index (χ1) is 14.6. The van der Waals surface area contributed by atoms with Crippen LogP contribution in [0.15, 0.2) is 58.4 Å². The van der Waals surface area contributed by atoms with Crippen molar-refractivity contribution in [2.45, 2.75) is 36.1 Å². The van der Waals surface area contributed by atoms with E-state index in [9.17, 15) is 8.42 Å². The molecule has 156 valence electrons. The van der Waals surface area contributed by atoms with Crippen LogP contribution in [0.2, 0.25) is 0 Å². The van der Waals surface area contributed by atoms with Crippen molar-refractivity contribution in [2.24, 2.45) is 4.99 Å². The van der Waals surface area contributed by atoms with Gasteiger partial charge in [0.2, 0.25) is 10.0 Å².